The van der Waals surface area contributed by atoms with Gasteiger partial charge in [0.1, 0.15) is 11.9 Å². The Kier molecular flexibility index (Phi) is 4.82. The maximum atomic E-state index is 10.8. The molecule has 0 amide bonds. The van der Waals surface area contributed by atoms with E-state index < -0.39 is 11.6 Å². The van der Waals surface area contributed by atoms with Crippen molar-refractivity contribution in [2.75, 3.05) is 5.73 Å². The first kappa shape index (κ1) is 19.1. The largest absolute Gasteiger partial charge is 0.478 e. The van der Waals surface area contributed by atoms with Crippen molar-refractivity contribution in [2.24, 2.45) is 4.99 Å². The average Bonchev–Trinajstić information content (AvgIpc) is 2.67. The zero-order chi connectivity index (χ0) is 20.6. The number of aromatic nitrogens is 2. The van der Waals surface area contributed by atoms with E-state index in [1.807, 2.05) is 13.8 Å². The first-order valence-corrected chi connectivity index (χ1v) is 9.75. The molecular formula is C22H24N4O3. The second-order valence-electron chi connectivity index (χ2n) is 8.02. The maximum Gasteiger partial charge on any atom is 0.328 e. The number of carbonyl (C=O) groups is 1. The lowest BCUT2D eigenvalue weighted by atomic mass is 9.81. The zero-order valence-corrected chi connectivity index (χ0v) is 16.6. The quantitative estimate of drug-likeness (QED) is 0.763. The molecule has 3 N–H and O–H groups in total. The molecule has 7 heteroatoms. The van der Waals surface area contributed by atoms with Gasteiger partial charge in [0.05, 0.1) is 5.71 Å². The standard InChI is InChI=1S/C22H24N4O3/c1-22(2)19(26-18-20(23)24-12-25-21(18)29-22)16-9-7-15(8-10-16)14-5-3-13(4-6-14)11-17(27)28/h7-12,14H,3-6H2,1-2H3,(H,27,28)(H2,23,24,25). The van der Waals surface area contributed by atoms with Crippen molar-refractivity contribution >= 4 is 23.2 Å². The average molecular weight is 392 g/mol. The van der Waals surface area contributed by atoms with Crippen LogP contribution in [0, 0.1) is 0 Å². The maximum absolute atomic E-state index is 10.8. The van der Waals surface area contributed by atoms with Crippen LogP contribution in [0.3, 0.4) is 0 Å². The lowest BCUT2D eigenvalue weighted by Crippen LogP contribution is -2.41. The Hall–Kier alpha value is -3.22. The molecule has 29 heavy (non-hydrogen) atoms. The molecule has 4 rings (SSSR count). The number of benzene rings is 1. The summed E-state index contributed by atoms with van der Waals surface area (Å²) in [6.07, 6.45) is 6.34. The fourth-order valence-corrected chi connectivity index (χ4v) is 4.06. The number of aliphatic imine (C=N–C) groups is 1. The van der Waals surface area contributed by atoms with Crippen LogP contribution in [0.15, 0.2) is 47.2 Å². The number of hydrogen-bond acceptors (Lipinski definition) is 6. The van der Waals surface area contributed by atoms with E-state index in [9.17, 15) is 4.79 Å². The molecule has 0 atom stereocenters. The molecule has 2 heterocycles. The normalized spacial score (nSPS) is 20.3. The zero-order valence-electron chi connectivity index (χ0n) is 16.6. The Balaban J connectivity index is 1.57. The third-order valence-electron chi connectivity index (χ3n) is 5.57. The third-order valence-corrected chi connectivity index (χ3v) is 5.57. The summed E-state index contributed by atoms with van der Waals surface area (Å²) in [5.41, 5.74) is 9.83. The molecule has 0 spiro atoms. The van der Waals surface area contributed by atoms with Crippen LogP contribution in [-0.2, 0) is 4.79 Å². The summed E-state index contributed by atoms with van der Waals surface area (Å²) in [6, 6.07) is 8.38. The molecule has 0 unspecified atom stereocenters. The summed E-state index contributed by atoms with van der Waals surface area (Å²) >= 11 is 0. The highest BCUT2D eigenvalue weighted by atomic mass is 16.5. The monoisotopic (exact) mass is 392 g/mol. The minimum Gasteiger partial charge on any atom is -0.478 e. The van der Waals surface area contributed by atoms with E-state index >= 15 is 0 Å². The molecule has 7 nitrogen and oxygen atoms in total. The van der Waals surface area contributed by atoms with E-state index in [0.29, 0.717) is 23.3 Å². The topological polar surface area (TPSA) is 111 Å². The predicted molar refractivity (Wildman–Crippen MR) is 111 cm³/mol. The number of nitrogen functional groups attached to an aromatic ring is 1. The smallest absolute Gasteiger partial charge is 0.328 e. The van der Waals surface area contributed by atoms with Crippen molar-refractivity contribution in [2.45, 2.75) is 51.0 Å². The van der Waals surface area contributed by atoms with Gasteiger partial charge in [-0.05, 0) is 51.0 Å². The van der Waals surface area contributed by atoms with Gasteiger partial charge < -0.3 is 15.6 Å². The molecule has 1 saturated carbocycles. The van der Waals surface area contributed by atoms with Crippen molar-refractivity contribution in [3.8, 4) is 5.88 Å². The summed E-state index contributed by atoms with van der Waals surface area (Å²) in [6.45, 7) is 3.91. The van der Waals surface area contributed by atoms with Gasteiger partial charge in [0.25, 0.3) is 0 Å². The van der Waals surface area contributed by atoms with Crippen LogP contribution in [0.1, 0.15) is 56.6 Å². The van der Waals surface area contributed by atoms with E-state index in [-0.39, 0.29) is 0 Å². The second-order valence-corrected chi connectivity index (χ2v) is 8.02. The summed E-state index contributed by atoms with van der Waals surface area (Å²) in [5, 5.41) is 8.91. The predicted octanol–water partition coefficient (Wildman–Crippen LogP) is 4.02. The Labute approximate surface area is 169 Å². The summed E-state index contributed by atoms with van der Waals surface area (Å²) in [5.74, 6) is 0.285. The van der Waals surface area contributed by atoms with Gasteiger partial charge in [-0.25, -0.2) is 14.8 Å². The number of fused-ring (bicyclic) bond motifs is 1. The molecule has 1 aliphatic heterocycles. The summed E-state index contributed by atoms with van der Waals surface area (Å²) in [4.78, 5) is 23.7. The number of nitrogens with zero attached hydrogens (tertiary/aromatic N) is 3. The van der Waals surface area contributed by atoms with Crippen LogP contribution in [0.4, 0.5) is 11.5 Å². The van der Waals surface area contributed by atoms with Crippen molar-refractivity contribution in [1.82, 2.24) is 9.97 Å². The van der Waals surface area contributed by atoms with Gasteiger partial charge in [-0.2, -0.15) is 4.98 Å². The first-order valence-electron chi connectivity index (χ1n) is 9.75. The molecule has 1 aliphatic carbocycles. The highest BCUT2D eigenvalue weighted by molar-refractivity contribution is 6.09. The number of nitrogens with two attached hydrogens (primary N) is 1. The van der Waals surface area contributed by atoms with Crippen LogP contribution in [0.25, 0.3) is 0 Å². The van der Waals surface area contributed by atoms with Gasteiger partial charge in [0, 0.05) is 11.6 Å². The van der Waals surface area contributed by atoms with E-state index in [1.54, 1.807) is 0 Å². The Morgan fingerprint density at radius 2 is 1.90 bits per heavy atom. The number of aliphatic carboxylic acids is 1. The Morgan fingerprint density at radius 3 is 2.55 bits per heavy atom. The SMILES string of the molecule is CC1(C)Oc2ncnc(N)c2N=C1c1ccc(C2CCC(=CC(=O)O)CC2)cc1. The van der Waals surface area contributed by atoms with Gasteiger partial charge in [-0.1, -0.05) is 29.8 Å². The highest BCUT2D eigenvalue weighted by Crippen LogP contribution is 2.39. The number of carboxylic acids is 1. The van der Waals surface area contributed by atoms with Crippen LogP contribution in [0.5, 0.6) is 5.88 Å². The van der Waals surface area contributed by atoms with Crippen molar-refractivity contribution in [3.05, 3.63) is 53.4 Å². The number of ether oxygens (including phenoxy) is 1. The molecule has 150 valence electrons. The minimum absolute atomic E-state index is 0.298. The number of hydrogen-bond donors (Lipinski definition) is 2. The molecule has 2 aliphatic rings. The van der Waals surface area contributed by atoms with Crippen LogP contribution in [-0.4, -0.2) is 32.4 Å². The van der Waals surface area contributed by atoms with E-state index in [1.165, 1.54) is 18.0 Å². The van der Waals surface area contributed by atoms with Crippen molar-refractivity contribution < 1.29 is 14.6 Å². The van der Waals surface area contributed by atoms with Crippen LogP contribution < -0.4 is 10.5 Å². The Bertz CT molecular complexity index is 999. The summed E-state index contributed by atoms with van der Waals surface area (Å²) < 4.78 is 6.04. The number of allylic oxidation sites excluding steroid dienone is 1. The van der Waals surface area contributed by atoms with Gasteiger partial charge in [0.2, 0.25) is 5.88 Å². The minimum atomic E-state index is -0.853. The van der Waals surface area contributed by atoms with Gasteiger partial charge >= 0.3 is 5.97 Å². The van der Waals surface area contributed by atoms with Gasteiger partial charge in [0.15, 0.2) is 11.5 Å². The first-order chi connectivity index (χ1) is 13.8. The molecule has 1 fully saturated rings. The molecule has 1 aromatic heterocycles. The van der Waals surface area contributed by atoms with E-state index in [4.69, 9.17) is 20.6 Å². The summed E-state index contributed by atoms with van der Waals surface area (Å²) in [7, 11) is 0. The van der Waals surface area contributed by atoms with E-state index in [0.717, 1.165) is 42.5 Å². The fraction of sp³-hybridized carbons (Fsp3) is 0.364. The number of rotatable bonds is 3. The third kappa shape index (κ3) is 3.85. The molecule has 0 saturated heterocycles. The molecular weight excluding hydrogens is 368 g/mol. The number of anilines is 1. The number of carboxylic acid groups (broad SMARTS) is 1. The molecule has 0 bridgehead atoms. The van der Waals surface area contributed by atoms with Crippen molar-refractivity contribution in [1.29, 1.82) is 0 Å². The molecule has 0 radical (unpaired) electrons. The highest BCUT2D eigenvalue weighted by Gasteiger charge is 2.35. The lowest BCUT2D eigenvalue weighted by Gasteiger charge is -2.32. The van der Waals surface area contributed by atoms with Crippen LogP contribution >= 0.6 is 0 Å². The molecule has 2 aromatic rings. The lowest BCUT2D eigenvalue weighted by molar-refractivity contribution is -0.131. The van der Waals surface area contributed by atoms with Crippen molar-refractivity contribution in [3.63, 3.8) is 0 Å². The molecule has 1 aromatic carbocycles. The Morgan fingerprint density at radius 1 is 1.21 bits per heavy atom. The van der Waals surface area contributed by atoms with E-state index in [2.05, 4.69) is 34.2 Å². The van der Waals surface area contributed by atoms with Gasteiger partial charge in [-0.3, -0.25) is 0 Å². The fourth-order valence-electron chi connectivity index (χ4n) is 4.06. The van der Waals surface area contributed by atoms with Crippen LogP contribution in [0.2, 0.25) is 0 Å². The second kappa shape index (κ2) is 7.31. The van der Waals surface area contributed by atoms with Gasteiger partial charge in [-0.15, -0.1) is 0 Å².